The van der Waals surface area contributed by atoms with Crippen molar-refractivity contribution in [3.05, 3.63) is 0 Å². The molecule has 0 amide bonds. The van der Waals surface area contributed by atoms with E-state index in [4.69, 9.17) is 4.74 Å². The average Bonchev–Trinajstić information content (AvgIpc) is 2.13. The van der Waals surface area contributed by atoms with Crippen LogP contribution in [0.1, 0.15) is 52.4 Å². The summed E-state index contributed by atoms with van der Waals surface area (Å²) in [6, 6.07) is 0. The van der Waals surface area contributed by atoms with Crippen molar-refractivity contribution in [2.75, 3.05) is 0 Å². The number of carbonyl (C=O) groups excluding carboxylic acids is 2. The van der Waals surface area contributed by atoms with Gasteiger partial charge in [-0.3, -0.25) is 4.79 Å². The molecule has 0 heterocycles. The topological polar surface area (TPSA) is 43.4 Å². The van der Waals surface area contributed by atoms with Gasteiger partial charge in [0.1, 0.15) is 12.7 Å². The lowest BCUT2D eigenvalue weighted by Gasteiger charge is -2.11. The lowest BCUT2D eigenvalue weighted by atomic mass is 10.1. The van der Waals surface area contributed by atoms with Gasteiger partial charge in [0.25, 0.3) is 0 Å². The third-order valence-corrected chi connectivity index (χ3v) is 2.05. The van der Waals surface area contributed by atoms with Gasteiger partial charge in [-0.15, -0.1) is 0 Å². The Hall–Kier alpha value is -0.860. The summed E-state index contributed by atoms with van der Waals surface area (Å²) in [6.07, 6.45) is 6.00. The fourth-order valence-electron chi connectivity index (χ4n) is 1.26. The molecule has 3 heteroatoms. The van der Waals surface area contributed by atoms with Crippen LogP contribution in [0.2, 0.25) is 0 Å². The fourth-order valence-corrected chi connectivity index (χ4v) is 1.26. The van der Waals surface area contributed by atoms with Gasteiger partial charge in [0, 0.05) is 0 Å². The number of rotatable bonds is 8. The lowest BCUT2D eigenvalue weighted by molar-refractivity contribution is -0.149. The predicted molar refractivity (Wildman–Crippen MR) is 55.0 cm³/mol. The van der Waals surface area contributed by atoms with Crippen molar-refractivity contribution in [2.24, 2.45) is 0 Å². The molecule has 0 aromatic heterocycles. The summed E-state index contributed by atoms with van der Waals surface area (Å²) in [5.74, 6) is -0.414. The number of hydrogen-bond donors (Lipinski definition) is 0. The summed E-state index contributed by atoms with van der Waals surface area (Å²) in [6.45, 7) is 4.03. The van der Waals surface area contributed by atoms with E-state index in [1.54, 1.807) is 0 Å². The van der Waals surface area contributed by atoms with Crippen LogP contribution < -0.4 is 0 Å². The summed E-state index contributed by atoms with van der Waals surface area (Å²) < 4.78 is 5.00. The Bertz CT molecular complexity index is 166. The summed E-state index contributed by atoms with van der Waals surface area (Å²) >= 11 is 0. The van der Waals surface area contributed by atoms with Crippen LogP contribution in [0.5, 0.6) is 0 Å². The minimum atomic E-state index is -0.414. The molecular weight excluding hydrogens is 180 g/mol. The molecule has 1 atom stereocenters. The molecule has 0 fully saturated rings. The Labute approximate surface area is 85.8 Å². The van der Waals surface area contributed by atoms with Crippen molar-refractivity contribution in [2.45, 2.75) is 58.5 Å². The Kier molecular flexibility index (Phi) is 8.19. The van der Waals surface area contributed by atoms with Gasteiger partial charge in [-0.05, 0) is 19.8 Å². The largest absolute Gasteiger partial charge is 0.462 e. The summed E-state index contributed by atoms with van der Waals surface area (Å²) in [7, 11) is 0. The first-order valence-corrected chi connectivity index (χ1v) is 5.33. The summed E-state index contributed by atoms with van der Waals surface area (Å²) in [5, 5.41) is 0. The summed E-state index contributed by atoms with van der Waals surface area (Å²) in [4.78, 5) is 20.9. The maximum atomic E-state index is 10.9. The summed E-state index contributed by atoms with van der Waals surface area (Å²) in [5.41, 5.74) is 0. The molecule has 0 aliphatic heterocycles. The van der Waals surface area contributed by atoms with E-state index in [0.29, 0.717) is 6.29 Å². The van der Waals surface area contributed by atoms with Crippen LogP contribution in [0.4, 0.5) is 0 Å². The van der Waals surface area contributed by atoms with Gasteiger partial charge in [-0.2, -0.15) is 0 Å². The van der Waals surface area contributed by atoms with Gasteiger partial charge < -0.3 is 9.53 Å². The van der Waals surface area contributed by atoms with E-state index in [-0.39, 0.29) is 12.5 Å². The zero-order valence-electron chi connectivity index (χ0n) is 9.12. The molecular formula is C11H20O3. The minimum absolute atomic E-state index is 0.0562. The molecule has 0 aromatic carbocycles. The second-order valence-corrected chi connectivity index (χ2v) is 3.52. The molecule has 14 heavy (non-hydrogen) atoms. The Morgan fingerprint density at radius 1 is 1.36 bits per heavy atom. The number of esters is 1. The van der Waals surface area contributed by atoms with E-state index in [9.17, 15) is 9.59 Å². The maximum absolute atomic E-state index is 10.9. The van der Waals surface area contributed by atoms with Gasteiger partial charge in [0.05, 0.1) is 6.10 Å². The van der Waals surface area contributed by atoms with Crippen molar-refractivity contribution < 1.29 is 14.3 Å². The zero-order chi connectivity index (χ0) is 10.8. The standard InChI is InChI=1S/C11H20O3/c1-3-4-5-6-7-10(2)14-11(13)8-9-12/h9-10H,3-8H2,1-2H3. The Morgan fingerprint density at radius 2 is 2.07 bits per heavy atom. The SMILES string of the molecule is CCCCCCC(C)OC(=O)CC=O. The zero-order valence-corrected chi connectivity index (χ0v) is 9.12. The van der Waals surface area contributed by atoms with E-state index >= 15 is 0 Å². The minimum Gasteiger partial charge on any atom is -0.462 e. The monoisotopic (exact) mass is 200 g/mol. The number of hydrogen-bond acceptors (Lipinski definition) is 3. The van der Waals surface area contributed by atoms with Crippen LogP contribution in [0.15, 0.2) is 0 Å². The Balaban J connectivity index is 3.39. The van der Waals surface area contributed by atoms with E-state index in [1.807, 2.05) is 6.92 Å². The molecule has 0 N–H and O–H groups in total. The highest BCUT2D eigenvalue weighted by Gasteiger charge is 2.07. The molecule has 1 unspecified atom stereocenters. The molecule has 3 nitrogen and oxygen atoms in total. The molecule has 0 aliphatic rings. The van der Waals surface area contributed by atoms with E-state index in [2.05, 4.69) is 6.92 Å². The van der Waals surface area contributed by atoms with Crippen molar-refractivity contribution in [3.8, 4) is 0 Å². The maximum Gasteiger partial charge on any atom is 0.313 e. The molecule has 0 rings (SSSR count). The highest BCUT2D eigenvalue weighted by Crippen LogP contribution is 2.08. The fraction of sp³-hybridized carbons (Fsp3) is 0.818. The third-order valence-electron chi connectivity index (χ3n) is 2.05. The smallest absolute Gasteiger partial charge is 0.313 e. The normalized spacial score (nSPS) is 12.1. The van der Waals surface area contributed by atoms with E-state index in [0.717, 1.165) is 12.8 Å². The molecule has 0 saturated heterocycles. The van der Waals surface area contributed by atoms with Gasteiger partial charge in [-0.1, -0.05) is 26.2 Å². The van der Waals surface area contributed by atoms with Crippen molar-refractivity contribution in [3.63, 3.8) is 0 Å². The first-order valence-electron chi connectivity index (χ1n) is 5.33. The van der Waals surface area contributed by atoms with Gasteiger partial charge in [0.15, 0.2) is 0 Å². The number of aldehydes is 1. The van der Waals surface area contributed by atoms with E-state index < -0.39 is 5.97 Å². The first kappa shape index (κ1) is 13.1. The molecule has 0 bridgehead atoms. The first-order chi connectivity index (χ1) is 6.70. The molecule has 0 radical (unpaired) electrons. The van der Waals surface area contributed by atoms with Gasteiger partial charge in [0.2, 0.25) is 0 Å². The molecule has 82 valence electrons. The highest BCUT2D eigenvalue weighted by molar-refractivity contribution is 5.83. The van der Waals surface area contributed by atoms with Gasteiger partial charge >= 0.3 is 5.97 Å². The van der Waals surface area contributed by atoms with Crippen LogP contribution in [0, 0.1) is 0 Å². The van der Waals surface area contributed by atoms with Crippen LogP contribution >= 0.6 is 0 Å². The van der Waals surface area contributed by atoms with Crippen molar-refractivity contribution in [1.29, 1.82) is 0 Å². The second-order valence-electron chi connectivity index (χ2n) is 3.52. The third kappa shape index (κ3) is 7.77. The number of carbonyl (C=O) groups is 2. The van der Waals surface area contributed by atoms with Crippen LogP contribution in [-0.2, 0) is 14.3 Å². The second kappa shape index (κ2) is 8.73. The van der Waals surface area contributed by atoms with E-state index in [1.165, 1.54) is 19.3 Å². The highest BCUT2D eigenvalue weighted by atomic mass is 16.5. The molecule has 0 aromatic rings. The Morgan fingerprint density at radius 3 is 2.64 bits per heavy atom. The number of unbranched alkanes of at least 4 members (excludes halogenated alkanes) is 3. The van der Waals surface area contributed by atoms with Crippen molar-refractivity contribution >= 4 is 12.3 Å². The van der Waals surface area contributed by atoms with Crippen molar-refractivity contribution in [1.82, 2.24) is 0 Å². The molecule has 0 spiro atoms. The lowest BCUT2D eigenvalue weighted by Crippen LogP contribution is -2.14. The molecule has 0 saturated carbocycles. The molecule has 0 aliphatic carbocycles. The van der Waals surface area contributed by atoms with Crippen LogP contribution in [0.25, 0.3) is 0 Å². The quantitative estimate of drug-likeness (QED) is 0.262. The predicted octanol–water partition coefficient (Wildman–Crippen LogP) is 2.48. The van der Waals surface area contributed by atoms with Gasteiger partial charge in [-0.25, -0.2) is 0 Å². The van der Waals surface area contributed by atoms with Crippen LogP contribution in [-0.4, -0.2) is 18.4 Å². The average molecular weight is 200 g/mol. The van der Waals surface area contributed by atoms with Crippen LogP contribution in [0.3, 0.4) is 0 Å². The number of ether oxygens (including phenoxy) is 1.